The van der Waals surface area contributed by atoms with Crippen molar-refractivity contribution < 1.29 is 8.42 Å². The van der Waals surface area contributed by atoms with Crippen molar-refractivity contribution in [3.05, 3.63) is 29.8 Å². The van der Waals surface area contributed by atoms with E-state index in [-0.39, 0.29) is 6.04 Å². The number of benzene rings is 1. The highest BCUT2D eigenvalue weighted by Gasteiger charge is 2.23. The van der Waals surface area contributed by atoms with E-state index in [1.165, 1.54) is 25.5 Å². The minimum atomic E-state index is -3.13. The average molecular weight is 295 g/mol. The molecule has 1 atom stereocenters. The van der Waals surface area contributed by atoms with Gasteiger partial charge in [0.2, 0.25) is 0 Å². The molecule has 20 heavy (non-hydrogen) atoms. The Kier molecular flexibility index (Phi) is 5.22. The summed E-state index contributed by atoms with van der Waals surface area (Å²) in [7, 11) is -3.13. The standard InChI is InChI=1S/C16H25NO2S/c1-3-11-17-16(10-9-13-7-8-13)14-5-4-6-15(12-14)20(2,18)19/h4-6,12-13,16-17H,3,7-11H2,1-2H3. The van der Waals surface area contributed by atoms with Crippen LogP contribution in [0.3, 0.4) is 0 Å². The van der Waals surface area contributed by atoms with E-state index in [0.29, 0.717) is 4.90 Å². The zero-order valence-corrected chi connectivity index (χ0v) is 13.2. The molecule has 0 aliphatic heterocycles. The molecule has 1 unspecified atom stereocenters. The maximum Gasteiger partial charge on any atom is 0.175 e. The van der Waals surface area contributed by atoms with E-state index in [0.717, 1.165) is 30.9 Å². The van der Waals surface area contributed by atoms with Gasteiger partial charge in [-0.15, -0.1) is 0 Å². The summed E-state index contributed by atoms with van der Waals surface area (Å²) in [6.45, 7) is 3.12. The van der Waals surface area contributed by atoms with Gasteiger partial charge in [-0.3, -0.25) is 0 Å². The van der Waals surface area contributed by atoms with Crippen LogP contribution >= 0.6 is 0 Å². The van der Waals surface area contributed by atoms with E-state index in [4.69, 9.17) is 0 Å². The smallest absolute Gasteiger partial charge is 0.175 e. The second-order valence-corrected chi connectivity index (χ2v) is 7.89. The van der Waals surface area contributed by atoms with Crippen molar-refractivity contribution in [2.45, 2.75) is 50.0 Å². The van der Waals surface area contributed by atoms with Gasteiger partial charge in [-0.25, -0.2) is 8.42 Å². The molecular formula is C16H25NO2S. The quantitative estimate of drug-likeness (QED) is 0.800. The minimum Gasteiger partial charge on any atom is -0.310 e. The highest BCUT2D eigenvalue weighted by atomic mass is 32.2. The Bertz CT molecular complexity index is 535. The lowest BCUT2D eigenvalue weighted by molar-refractivity contribution is 0.469. The first-order chi connectivity index (χ1) is 9.50. The van der Waals surface area contributed by atoms with Gasteiger partial charge in [-0.05, 0) is 49.4 Å². The van der Waals surface area contributed by atoms with Crippen molar-refractivity contribution in [3.63, 3.8) is 0 Å². The summed E-state index contributed by atoms with van der Waals surface area (Å²) in [5.74, 6) is 0.902. The monoisotopic (exact) mass is 295 g/mol. The summed E-state index contributed by atoms with van der Waals surface area (Å²) in [6.07, 6.45) is 7.42. The second-order valence-electron chi connectivity index (χ2n) is 5.87. The highest BCUT2D eigenvalue weighted by Crippen LogP contribution is 2.36. The van der Waals surface area contributed by atoms with Gasteiger partial charge in [0.15, 0.2) is 9.84 Å². The van der Waals surface area contributed by atoms with Crippen LogP contribution in [0.4, 0.5) is 0 Å². The van der Waals surface area contributed by atoms with Crippen LogP contribution in [0.15, 0.2) is 29.2 Å². The fraction of sp³-hybridized carbons (Fsp3) is 0.625. The van der Waals surface area contributed by atoms with E-state index in [1.807, 2.05) is 18.2 Å². The number of sulfone groups is 1. The first kappa shape index (κ1) is 15.5. The Hall–Kier alpha value is -0.870. The highest BCUT2D eigenvalue weighted by molar-refractivity contribution is 7.90. The van der Waals surface area contributed by atoms with Crippen molar-refractivity contribution in [2.24, 2.45) is 5.92 Å². The van der Waals surface area contributed by atoms with E-state index in [2.05, 4.69) is 12.2 Å². The van der Waals surface area contributed by atoms with Crippen molar-refractivity contribution in [2.75, 3.05) is 12.8 Å². The third-order valence-corrected chi connectivity index (χ3v) is 5.00. The van der Waals surface area contributed by atoms with Crippen molar-refractivity contribution in [1.82, 2.24) is 5.32 Å². The number of hydrogen-bond donors (Lipinski definition) is 1. The van der Waals surface area contributed by atoms with Crippen molar-refractivity contribution in [1.29, 1.82) is 0 Å². The van der Waals surface area contributed by atoms with Gasteiger partial charge in [0.05, 0.1) is 4.90 Å². The van der Waals surface area contributed by atoms with Gasteiger partial charge in [-0.2, -0.15) is 0 Å². The van der Waals surface area contributed by atoms with Gasteiger partial charge < -0.3 is 5.32 Å². The summed E-state index contributed by atoms with van der Waals surface area (Å²) >= 11 is 0. The summed E-state index contributed by atoms with van der Waals surface area (Å²) in [4.78, 5) is 0.421. The molecular weight excluding hydrogens is 270 g/mol. The molecule has 1 saturated carbocycles. The van der Waals surface area contributed by atoms with E-state index in [1.54, 1.807) is 6.07 Å². The predicted octanol–water partition coefficient (Wildman–Crippen LogP) is 3.32. The first-order valence-electron chi connectivity index (χ1n) is 7.54. The molecule has 0 bridgehead atoms. The largest absolute Gasteiger partial charge is 0.310 e. The van der Waals surface area contributed by atoms with Crippen molar-refractivity contribution in [3.8, 4) is 0 Å². The Morgan fingerprint density at radius 3 is 2.70 bits per heavy atom. The van der Waals surface area contributed by atoms with Crippen LogP contribution in [-0.4, -0.2) is 21.2 Å². The molecule has 1 aliphatic carbocycles. The third-order valence-electron chi connectivity index (χ3n) is 3.89. The van der Waals surface area contributed by atoms with Crippen LogP contribution in [0, 0.1) is 5.92 Å². The second kappa shape index (κ2) is 6.72. The van der Waals surface area contributed by atoms with Crippen LogP contribution in [0.2, 0.25) is 0 Å². The predicted molar refractivity (Wildman–Crippen MR) is 82.5 cm³/mol. The van der Waals surface area contributed by atoms with Gasteiger partial charge >= 0.3 is 0 Å². The van der Waals surface area contributed by atoms with Gasteiger partial charge in [-0.1, -0.05) is 31.9 Å². The number of hydrogen-bond acceptors (Lipinski definition) is 3. The molecule has 1 aliphatic rings. The zero-order chi connectivity index (χ0) is 14.6. The SMILES string of the molecule is CCCNC(CCC1CC1)c1cccc(S(C)(=O)=O)c1. The topological polar surface area (TPSA) is 46.2 Å². The molecule has 1 fully saturated rings. The minimum absolute atomic E-state index is 0.275. The molecule has 112 valence electrons. The fourth-order valence-corrected chi connectivity index (χ4v) is 3.15. The average Bonchev–Trinajstić information content (AvgIpc) is 3.22. The molecule has 3 nitrogen and oxygen atoms in total. The van der Waals surface area contributed by atoms with Gasteiger partial charge in [0.1, 0.15) is 0 Å². The molecule has 1 N–H and O–H groups in total. The molecule has 0 amide bonds. The fourth-order valence-electron chi connectivity index (χ4n) is 2.48. The lowest BCUT2D eigenvalue weighted by Crippen LogP contribution is -2.22. The molecule has 1 aromatic carbocycles. The summed E-state index contributed by atoms with van der Waals surface area (Å²) in [5, 5.41) is 3.55. The van der Waals surface area contributed by atoms with Crippen LogP contribution in [0.5, 0.6) is 0 Å². The number of rotatable bonds is 8. The van der Waals surface area contributed by atoms with Crippen LogP contribution in [0.25, 0.3) is 0 Å². The molecule has 4 heteroatoms. The van der Waals surface area contributed by atoms with Gasteiger partial charge in [0, 0.05) is 12.3 Å². The molecule has 0 radical (unpaired) electrons. The Morgan fingerprint density at radius 1 is 1.35 bits per heavy atom. The van der Waals surface area contributed by atoms with E-state index < -0.39 is 9.84 Å². The molecule has 0 heterocycles. The molecule has 1 aromatic rings. The summed E-state index contributed by atoms with van der Waals surface area (Å²) < 4.78 is 23.4. The Labute approximate surface area is 122 Å². The summed E-state index contributed by atoms with van der Waals surface area (Å²) in [5.41, 5.74) is 1.10. The Morgan fingerprint density at radius 2 is 2.10 bits per heavy atom. The molecule has 0 saturated heterocycles. The zero-order valence-electron chi connectivity index (χ0n) is 12.4. The third kappa shape index (κ3) is 4.60. The first-order valence-corrected chi connectivity index (χ1v) is 9.43. The van der Waals surface area contributed by atoms with Crippen LogP contribution in [-0.2, 0) is 9.84 Å². The summed E-state index contributed by atoms with van der Waals surface area (Å²) in [6, 6.07) is 7.67. The molecule has 2 rings (SSSR count). The molecule has 0 spiro atoms. The maximum atomic E-state index is 11.7. The normalized spacial score (nSPS) is 17.1. The van der Waals surface area contributed by atoms with E-state index >= 15 is 0 Å². The van der Waals surface area contributed by atoms with E-state index in [9.17, 15) is 8.42 Å². The van der Waals surface area contributed by atoms with Crippen LogP contribution < -0.4 is 5.32 Å². The molecule has 0 aromatic heterocycles. The maximum absolute atomic E-state index is 11.7. The van der Waals surface area contributed by atoms with Gasteiger partial charge in [0.25, 0.3) is 0 Å². The lowest BCUT2D eigenvalue weighted by Gasteiger charge is -2.19. The number of nitrogens with one attached hydrogen (secondary N) is 1. The van der Waals surface area contributed by atoms with Crippen LogP contribution in [0.1, 0.15) is 50.6 Å². The Balaban J connectivity index is 2.13. The lowest BCUT2D eigenvalue weighted by atomic mass is 10.0. The van der Waals surface area contributed by atoms with Crippen molar-refractivity contribution >= 4 is 9.84 Å².